The van der Waals surface area contributed by atoms with Crippen molar-refractivity contribution in [2.24, 2.45) is 4.36 Å². The van der Waals surface area contributed by atoms with Crippen molar-refractivity contribution in [3.8, 4) is 0 Å². The first-order valence-corrected chi connectivity index (χ1v) is 5.72. The molecule has 0 atom stereocenters. The van der Waals surface area contributed by atoms with Crippen molar-refractivity contribution < 1.29 is 30.7 Å². The highest BCUT2D eigenvalue weighted by Gasteiger charge is 2.74. The summed E-state index contributed by atoms with van der Waals surface area (Å²) in [5.74, 6) is -5.55. The van der Waals surface area contributed by atoms with Gasteiger partial charge in [0.25, 0.3) is 0 Å². The molecule has 18 heavy (non-hydrogen) atoms. The van der Waals surface area contributed by atoms with Crippen molar-refractivity contribution in [2.75, 3.05) is 27.2 Å². The molecule has 3 nitrogen and oxygen atoms in total. The first-order chi connectivity index (χ1) is 7.90. The molecule has 1 aliphatic rings. The van der Waals surface area contributed by atoms with Gasteiger partial charge in [-0.05, 0) is 14.1 Å². The van der Waals surface area contributed by atoms with Crippen LogP contribution in [0.2, 0.25) is 0 Å². The molecule has 0 unspecified atom stereocenters. The van der Waals surface area contributed by atoms with E-state index in [0.717, 1.165) is 8.61 Å². The van der Waals surface area contributed by atoms with Crippen molar-refractivity contribution in [2.45, 2.75) is 18.1 Å². The number of hydrogen-bond donors (Lipinski definition) is 0. The molecule has 0 aliphatic carbocycles. The van der Waals surface area contributed by atoms with Crippen LogP contribution in [0.15, 0.2) is 4.36 Å². The molecule has 0 N–H and O–H groups in total. The maximum Gasteiger partial charge on any atom is 0.454 e. The maximum absolute atomic E-state index is 13.3. The Morgan fingerprint density at radius 1 is 0.833 bits per heavy atom. The van der Waals surface area contributed by atoms with Gasteiger partial charge in [0.05, 0.1) is 0 Å². The third kappa shape index (κ3) is 2.62. The molecular weight excluding hydrogens is 291 g/mol. The second-order valence-corrected chi connectivity index (χ2v) is 5.58. The van der Waals surface area contributed by atoms with Gasteiger partial charge in [0.15, 0.2) is 0 Å². The minimum absolute atomic E-state index is 0.217. The standard InChI is InChI=1S/C7H10F7N3S/c1-16-3-4-17(2)18(16)15-5(8,6(9,10)11)7(12,13)14/h3-4H2,1-2H3. The van der Waals surface area contributed by atoms with Gasteiger partial charge in [-0.1, -0.05) is 0 Å². The van der Waals surface area contributed by atoms with E-state index in [2.05, 4.69) is 4.36 Å². The Kier molecular flexibility index (Phi) is 4.00. The number of hydrogen-bond acceptors (Lipinski definition) is 1. The first kappa shape index (κ1) is 15.6. The van der Waals surface area contributed by atoms with Crippen molar-refractivity contribution in [3.63, 3.8) is 0 Å². The van der Waals surface area contributed by atoms with Crippen LogP contribution in [0, 0.1) is 0 Å². The van der Waals surface area contributed by atoms with Gasteiger partial charge >= 0.3 is 18.1 Å². The number of halogens is 7. The van der Waals surface area contributed by atoms with Gasteiger partial charge in [0.2, 0.25) is 0 Å². The average Bonchev–Trinajstić information content (AvgIpc) is 2.45. The van der Waals surface area contributed by atoms with Gasteiger partial charge in [0, 0.05) is 24.2 Å². The van der Waals surface area contributed by atoms with E-state index in [-0.39, 0.29) is 13.1 Å². The molecule has 1 heterocycles. The Morgan fingerprint density at radius 3 is 1.44 bits per heavy atom. The molecule has 0 aromatic carbocycles. The molecule has 0 aromatic rings. The van der Waals surface area contributed by atoms with Gasteiger partial charge in [0.1, 0.15) is 0 Å². The van der Waals surface area contributed by atoms with Crippen LogP contribution in [0.3, 0.4) is 0 Å². The summed E-state index contributed by atoms with van der Waals surface area (Å²) in [4.78, 5) is 0. The third-order valence-corrected chi connectivity index (χ3v) is 4.14. The summed E-state index contributed by atoms with van der Waals surface area (Å²) in [6.07, 6.45) is -12.3. The molecule has 1 rings (SSSR count). The average molecular weight is 301 g/mol. The van der Waals surface area contributed by atoms with Crippen LogP contribution >= 0.6 is 0 Å². The lowest BCUT2D eigenvalue weighted by molar-refractivity contribution is -0.337. The molecule has 0 bridgehead atoms. The number of likely N-dealkylation sites (N-methyl/N-ethyl adjacent to an activating group) is 2. The van der Waals surface area contributed by atoms with Crippen LogP contribution in [0.4, 0.5) is 30.7 Å². The normalized spacial score (nSPS) is 21.6. The van der Waals surface area contributed by atoms with Gasteiger partial charge in [-0.2, -0.15) is 35.1 Å². The minimum atomic E-state index is -6.14. The van der Waals surface area contributed by atoms with Crippen LogP contribution in [0.1, 0.15) is 0 Å². The van der Waals surface area contributed by atoms with E-state index in [4.69, 9.17) is 0 Å². The molecule has 0 aromatic heterocycles. The van der Waals surface area contributed by atoms with Crippen LogP contribution < -0.4 is 0 Å². The summed E-state index contributed by atoms with van der Waals surface area (Å²) in [7, 11) is 2.56. The van der Waals surface area contributed by atoms with Crippen molar-refractivity contribution in [1.29, 1.82) is 0 Å². The topological polar surface area (TPSA) is 18.8 Å². The summed E-state index contributed by atoms with van der Waals surface area (Å²) in [5.41, 5.74) is 0. The predicted octanol–water partition coefficient (Wildman–Crippen LogP) is 2.29. The van der Waals surface area contributed by atoms with Crippen molar-refractivity contribution in [3.05, 3.63) is 0 Å². The summed E-state index contributed by atoms with van der Waals surface area (Å²) in [6, 6.07) is 0. The highest BCUT2D eigenvalue weighted by molar-refractivity contribution is 7.82. The minimum Gasteiger partial charge on any atom is -0.231 e. The Bertz CT molecular complexity index is 324. The Hall–Kier alpha value is -0.420. The molecule has 11 heteroatoms. The first-order valence-electron chi connectivity index (χ1n) is 4.62. The molecular formula is C7H10F7N3S. The zero-order chi connectivity index (χ0) is 14.4. The predicted molar refractivity (Wildman–Crippen MR) is 51.0 cm³/mol. The summed E-state index contributed by atoms with van der Waals surface area (Å²) in [6.45, 7) is 0.434. The van der Waals surface area contributed by atoms with Crippen LogP contribution in [0.25, 0.3) is 0 Å². The van der Waals surface area contributed by atoms with Crippen LogP contribution in [0.5, 0.6) is 0 Å². The quantitative estimate of drug-likeness (QED) is 0.546. The van der Waals surface area contributed by atoms with E-state index in [0.29, 0.717) is 0 Å². The number of rotatable bonds is 1. The second-order valence-electron chi connectivity index (χ2n) is 3.66. The van der Waals surface area contributed by atoms with E-state index in [1.54, 1.807) is 0 Å². The summed E-state index contributed by atoms with van der Waals surface area (Å²) in [5, 5.41) is 0. The fourth-order valence-electron chi connectivity index (χ4n) is 1.20. The zero-order valence-electron chi connectivity index (χ0n) is 9.31. The molecule has 0 spiro atoms. The maximum atomic E-state index is 13.3. The van der Waals surface area contributed by atoms with Gasteiger partial charge in [-0.15, -0.1) is 0 Å². The Labute approximate surface area is 101 Å². The van der Waals surface area contributed by atoms with E-state index in [1.807, 2.05) is 0 Å². The smallest absolute Gasteiger partial charge is 0.231 e. The highest BCUT2D eigenvalue weighted by Crippen LogP contribution is 2.47. The lowest BCUT2D eigenvalue weighted by Gasteiger charge is -2.28. The Balaban J connectivity index is 3.27. The molecule has 108 valence electrons. The fraction of sp³-hybridized carbons (Fsp3) is 1.00. The van der Waals surface area contributed by atoms with Crippen LogP contribution in [-0.4, -0.2) is 53.9 Å². The lowest BCUT2D eigenvalue weighted by Crippen LogP contribution is -2.52. The highest BCUT2D eigenvalue weighted by atomic mass is 32.2. The molecule has 1 fully saturated rings. The van der Waals surface area contributed by atoms with Crippen LogP contribution in [-0.2, 0) is 11.1 Å². The van der Waals surface area contributed by atoms with Gasteiger partial charge in [-0.25, -0.2) is 8.61 Å². The summed E-state index contributed by atoms with van der Waals surface area (Å²) < 4.78 is 91.7. The number of nitrogens with zero attached hydrogens (tertiary/aromatic N) is 3. The number of alkyl halides is 7. The third-order valence-electron chi connectivity index (χ3n) is 2.25. The second kappa shape index (κ2) is 4.60. The van der Waals surface area contributed by atoms with E-state index >= 15 is 0 Å². The fourth-order valence-corrected chi connectivity index (χ4v) is 2.88. The SMILES string of the molecule is CN1CCN(C)S1=NC(F)(C(F)(F)F)C(F)(F)F. The van der Waals surface area contributed by atoms with Gasteiger partial charge < -0.3 is 0 Å². The molecule has 1 aliphatic heterocycles. The summed E-state index contributed by atoms with van der Waals surface area (Å²) >= 11 is -1.90. The van der Waals surface area contributed by atoms with E-state index in [1.165, 1.54) is 14.1 Å². The van der Waals surface area contributed by atoms with E-state index in [9.17, 15) is 30.7 Å². The van der Waals surface area contributed by atoms with Crippen molar-refractivity contribution in [1.82, 2.24) is 8.61 Å². The molecule has 1 saturated heterocycles. The van der Waals surface area contributed by atoms with Gasteiger partial charge in [-0.3, -0.25) is 0 Å². The molecule has 0 radical (unpaired) electrons. The molecule has 0 saturated carbocycles. The largest absolute Gasteiger partial charge is 0.454 e. The monoisotopic (exact) mass is 301 g/mol. The zero-order valence-corrected chi connectivity index (χ0v) is 10.1. The Morgan fingerprint density at radius 2 is 1.17 bits per heavy atom. The lowest BCUT2D eigenvalue weighted by atomic mass is 10.2. The van der Waals surface area contributed by atoms with E-state index < -0.39 is 29.2 Å². The van der Waals surface area contributed by atoms with Crippen molar-refractivity contribution >= 4 is 11.1 Å². The molecule has 0 amide bonds.